The third kappa shape index (κ3) is 4.04. The van der Waals surface area contributed by atoms with Gasteiger partial charge < -0.3 is 19.5 Å². The summed E-state index contributed by atoms with van der Waals surface area (Å²) in [5.41, 5.74) is -0.864. The molecule has 1 unspecified atom stereocenters. The first kappa shape index (κ1) is 18.2. The first-order valence-corrected chi connectivity index (χ1v) is 7.66. The number of nitrogens with zero attached hydrogens (tertiary/aromatic N) is 1. The number of aliphatic imine (C=N–C) groups is 1. The van der Waals surface area contributed by atoms with Crippen LogP contribution in [-0.2, 0) is 16.0 Å². The summed E-state index contributed by atoms with van der Waals surface area (Å²) in [5, 5.41) is 18.8. The van der Waals surface area contributed by atoms with Gasteiger partial charge in [0.2, 0.25) is 0 Å². The van der Waals surface area contributed by atoms with Crippen molar-refractivity contribution in [1.82, 2.24) is 0 Å². The van der Waals surface area contributed by atoms with Gasteiger partial charge in [-0.05, 0) is 50.0 Å². The molecule has 7 heteroatoms. The average molecular weight is 331 g/mol. The number of allylic oxidation sites excluding steroid dienone is 1. The number of ether oxygens (including phenoxy) is 2. The Kier molecular flexibility index (Phi) is 5.15. The van der Waals surface area contributed by atoms with Crippen molar-refractivity contribution in [3.05, 3.63) is 35.9 Å². The average Bonchev–Trinajstić information content (AvgIpc) is 2.95. The minimum atomic E-state index is -1.60. The summed E-state index contributed by atoms with van der Waals surface area (Å²) >= 11 is 0. The van der Waals surface area contributed by atoms with Crippen LogP contribution in [0.5, 0.6) is 5.75 Å². The molecule has 0 spiro atoms. The van der Waals surface area contributed by atoms with Crippen molar-refractivity contribution < 1.29 is 24.3 Å². The van der Waals surface area contributed by atoms with Crippen LogP contribution < -0.4 is 10.2 Å². The highest BCUT2D eigenvalue weighted by Crippen LogP contribution is 2.30. The standard InChI is InChI=1S/C17H22BNO5/c1-16(2,3)24-15(20)17(8-5-9-19-17)11-12-10-13(18(21)22)6-7-14(12)23-4/h5-10,21-22H,11H2,1-4H3. The monoisotopic (exact) mass is 331 g/mol. The van der Waals surface area contributed by atoms with Crippen molar-refractivity contribution >= 4 is 24.8 Å². The number of methoxy groups -OCH3 is 1. The summed E-state index contributed by atoms with van der Waals surface area (Å²) in [7, 11) is -0.0864. The van der Waals surface area contributed by atoms with Gasteiger partial charge in [-0.1, -0.05) is 12.1 Å². The molecule has 1 aromatic carbocycles. The molecule has 1 aliphatic rings. The highest BCUT2D eigenvalue weighted by molar-refractivity contribution is 6.58. The third-order valence-electron chi connectivity index (χ3n) is 3.58. The van der Waals surface area contributed by atoms with E-state index in [0.717, 1.165) is 0 Å². The van der Waals surface area contributed by atoms with Crippen molar-refractivity contribution in [1.29, 1.82) is 0 Å². The lowest BCUT2D eigenvalue weighted by Gasteiger charge is -2.28. The highest BCUT2D eigenvalue weighted by Gasteiger charge is 2.41. The summed E-state index contributed by atoms with van der Waals surface area (Å²) in [5.74, 6) is 0.0786. The molecular weight excluding hydrogens is 309 g/mol. The van der Waals surface area contributed by atoms with E-state index in [9.17, 15) is 14.8 Å². The second-order valence-corrected chi connectivity index (χ2v) is 6.69. The molecule has 0 bridgehead atoms. The molecule has 0 saturated heterocycles. The van der Waals surface area contributed by atoms with Crippen molar-refractivity contribution in [3.8, 4) is 5.75 Å². The molecule has 1 heterocycles. The number of rotatable bonds is 5. The minimum Gasteiger partial charge on any atom is -0.496 e. The summed E-state index contributed by atoms with van der Waals surface area (Å²) in [6.45, 7) is 5.39. The van der Waals surface area contributed by atoms with Crippen LogP contribution in [0.25, 0.3) is 0 Å². The predicted molar refractivity (Wildman–Crippen MR) is 92.7 cm³/mol. The maximum absolute atomic E-state index is 12.7. The largest absolute Gasteiger partial charge is 0.496 e. The second kappa shape index (κ2) is 6.79. The maximum Gasteiger partial charge on any atom is 0.488 e. The smallest absolute Gasteiger partial charge is 0.488 e. The highest BCUT2D eigenvalue weighted by atomic mass is 16.6. The van der Waals surface area contributed by atoms with Gasteiger partial charge in [0.25, 0.3) is 0 Å². The SMILES string of the molecule is COc1ccc(B(O)O)cc1CC1(C(=O)OC(C)(C)C)C=CC=N1. The van der Waals surface area contributed by atoms with Crippen LogP contribution in [0.2, 0.25) is 0 Å². The van der Waals surface area contributed by atoms with E-state index in [4.69, 9.17) is 9.47 Å². The van der Waals surface area contributed by atoms with Crippen LogP contribution in [-0.4, -0.2) is 47.6 Å². The van der Waals surface area contributed by atoms with Gasteiger partial charge in [0, 0.05) is 12.6 Å². The van der Waals surface area contributed by atoms with E-state index in [2.05, 4.69) is 4.99 Å². The quantitative estimate of drug-likeness (QED) is 0.611. The molecule has 0 saturated carbocycles. The van der Waals surface area contributed by atoms with Gasteiger partial charge in [0.15, 0.2) is 5.54 Å². The fourth-order valence-corrected chi connectivity index (χ4v) is 2.47. The van der Waals surface area contributed by atoms with E-state index in [1.807, 2.05) is 0 Å². The molecule has 0 radical (unpaired) electrons. The maximum atomic E-state index is 12.7. The van der Waals surface area contributed by atoms with Crippen molar-refractivity contribution in [2.75, 3.05) is 7.11 Å². The molecule has 2 N–H and O–H groups in total. The molecule has 0 aromatic heterocycles. The second-order valence-electron chi connectivity index (χ2n) is 6.69. The minimum absolute atomic E-state index is 0.193. The Labute approximate surface area is 142 Å². The lowest BCUT2D eigenvalue weighted by atomic mass is 9.78. The topological polar surface area (TPSA) is 88.3 Å². The summed E-state index contributed by atoms with van der Waals surface area (Å²) in [6.07, 6.45) is 5.13. The van der Waals surface area contributed by atoms with Crippen LogP contribution in [0, 0.1) is 0 Å². The van der Waals surface area contributed by atoms with E-state index in [0.29, 0.717) is 16.8 Å². The van der Waals surface area contributed by atoms with Crippen LogP contribution in [0.4, 0.5) is 0 Å². The summed E-state index contributed by atoms with van der Waals surface area (Å²) in [4.78, 5) is 17.0. The molecule has 0 fully saturated rings. The molecular formula is C17H22BNO5. The van der Waals surface area contributed by atoms with Gasteiger partial charge in [-0.2, -0.15) is 0 Å². The molecule has 1 aromatic rings. The fourth-order valence-electron chi connectivity index (χ4n) is 2.47. The van der Waals surface area contributed by atoms with E-state index in [1.54, 1.807) is 57.3 Å². The first-order chi connectivity index (χ1) is 11.2. The number of esters is 1. The molecule has 0 amide bonds. The van der Waals surface area contributed by atoms with Gasteiger partial charge in [0.05, 0.1) is 7.11 Å². The lowest BCUT2D eigenvalue weighted by molar-refractivity contribution is -0.159. The molecule has 6 nitrogen and oxygen atoms in total. The van der Waals surface area contributed by atoms with Gasteiger partial charge >= 0.3 is 13.1 Å². The Morgan fingerprint density at radius 1 is 1.33 bits per heavy atom. The number of hydrogen-bond acceptors (Lipinski definition) is 6. The fraction of sp³-hybridized carbons (Fsp3) is 0.412. The lowest BCUT2D eigenvalue weighted by Crippen LogP contribution is -2.42. The van der Waals surface area contributed by atoms with Gasteiger partial charge in [-0.15, -0.1) is 0 Å². The normalized spacial score (nSPS) is 19.4. The zero-order valence-electron chi connectivity index (χ0n) is 14.3. The third-order valence-corrected chi connectivity index (χ3v) is 3.58. The van der Waals surface area contributed by atoms with Gasteiger partial charge in [-0.3, -0.25) is 4.99 Å². The zero-order chi connectivity index (χ0) is 18.0. The number of hydrogen-bond donors (Lipinski definition) is 2. The summed E-state index contributed by atoms with van der Waals surface area (Å²) in [6, 6.07) is 4.79. The van der Waals surface area contributed by atoms with Gasteiger partial charge in [-0.25, -0.2) is 4.79 Å². The Balaban J connectivity index is 2.38. The summed E-state index contributed by atoms with van der Waals surface area (Å²) < 4.78 is 10.8. The zero-order valence-corrected chi connectivity index (χ0v) is 14.3. The van der Waals surface area contributed by atoms with E-state index < -0.39 is 24.2 Å². The number of carbonyl (C=O) groups is 1. The number of benzene rings is 1. The molecule has 2 rings (SSSR count). The Morgan fingerprint density at radius 3 is 2.54 bits per heavy atom. The van der Waals surface area contributed by atoms with Crippen molar-refractivity contribution in [3.63, 3.8) is 0 Å². The molecule has 1 atom stereocenters. The first-order valence-electron chi connectivity index (χ1n) is 7.66. The van der Waals surface area contributed by atoms with Crippen molar-refractivity contribution in [2.24, 2.45) is 4.99 Å². The Morgan fingerprint density at radius 2 is 2.04 bits per heavy atom. The van der Waals surface area contributed by atoms with E-state index in [-0.39, 0.29) is 6.42 Å². The predicted octanol–water partition coefficient (Wildman–Crippen LogP) is 0.639. The van der Waals surface area contributed by atoms with Crippen molar-refractivity contribution in [2.45, 2.75) is 38.3 Å². The molecule has 24 heavy (non-hydrogen) atoms. The van der Waals surface area contributed by atoms with Gasteiger partial charge in [0.1, 0.15) is 11.4 Å². The Hall–Kier alpha value is -2.12. The van der Waals surface area contributed by atoms with Crippen LogP contribution in [0.15, 0.2) is 35.3 Å². The molecule has 128 valence electrons. The molecule has 1 aliphatic heterocycles. The van der Waals surface area contributed by atoms with E-state index >= 15 is 0 Å². The van der Waals surface area contributed by atoms with Crippen LogP contribution in [0.1, 0.15) is 26.3 Å². The van der Waals surface area contributed by atoms with Crippen LogP contribution in [0.3, 0.4) is 0 Å². The Bertz CT molecular complexity index is 664. The van der Waals surface area contributed by atoms with E-state index in [1.165, 1.54) is 7.11 Å². The van der Waals surface area contributed by atoms with Crippen LogP contribution >= 0.6 is 0 Å². The molecule has 0 aliphatic carbocycles. The number of carbonyl (C=O) groups excluding carboxylic acids is 1.